The number of carbonyl (C=O) groups is 1. The number of ether oxygens (including phenoxy) is 2. The number of hydrogen-bond acceptors (Lipinski definition) is 5. The second-order valence-electron chi connectivity index (χ2n) is 4.28. The molecule has 0 aliphatic carbocycles. The first kappa shape index (κ1) is 14.6. The van der Waals surface area contributed by atoms with Gasteiger partial charge in [0.15, 0.2) is 11.5 Å². The SMILES string of the molecule is COc1cc(Br)c(C(=O)c2cc3sccc3s2)cc1OC. The molecule has 0 unspecified atom stereocenters. The van der Waals surface area contributed by atoms with E-state index in [0.717, 1.165) is 14.3 Å². The van der Waals surface area contributed by atoms with Crippen LogP contribution in [-0.2, 0) is 0 Å². The van der Waals surface area contributed by atoms with E-state index in [-0.39, 0.29) is 5.78 Å². The van der Waals surface area contributed by atoms with Crippen molar-refractivity contribution in [1.29, 1.82) is 0 Å². The Bertz CT molecular complexity index is 791. The van der Waals surface area contributed by atoms with Crippen molar-refractivity contribution in [2.75, 3.05) is 14.2 Å². The standard InChI is InChI=1S/C15H11BrO3S2/c1-18-10-5-8(9(16)6-11(10)19-2)15(17)14-7-13-12(21-14)3-4-20-13/h3-7H,1-2H3. The Hall–Kier alpha value is -1.37. The van der Waals surface area contributed by atoms with Crippen molar-refractivity contribution < 1.29 is 14.3 Å². The maximum atomic E-state index is 12.7. The monoisotopic (exact) mass is 382 g/mol. The van der Waals surface area contributed by atoms with Crippen LogP contribution in [0.4, 0.5) is 0 Å². The van der Waals surface area contributed by atoms with Gasteiger partial charge >= 0.3 is 0 Å². The molecular weight excluding hydrogens is 372 g/mol. The number of benzene rings is 1. The molecule has 2 aromatic heterocycles. The number of methoxy groups -OCH3 is 2. The molecular formula is C15H11BrO3S2. The Balaban J connectivity index is 2.06. The molecule has 0 amide bonds. The van der Waals surface area contributed by atoms with Crippen LogP contribution in [-0.4, -0.2) is 20.0 Å². The molecule has 0 spiro atoms. The van der Waals surface area contributed by atoms with Crippen LogP contribution in [0, 0.1) is 0 Å². The molecule has 3 aromatic rings. The van der Waals surface area contributed by atoms with Gasteiger partial charge in [-0.3, -0.25) is 4.79 Å². The summed E-state index contributed by atoms with van der Waals surface area (Å²) in [7, 11) is 3.13. The van der Waals surface area contributed by atoms with Crippen LogP contribution >= 0.6 is 38.6 Å². The van der Waals surface area contributed by atoms with Crippen LogP contribution in [0.2, 0.25) is 0 Å². The third-order valence-electron chi connectivity index (χ3n) is 3.08. The Morgan fingerprint density at radius 1 is 1.10 bits per heavy atom. The summed E-state index contributed by atoms with van der Waals surface area (Å²) in [6.45, 7) is 0. The van der Waals surface area contributed by atoms with Crippen LogP contribution in [0.25, 0.3) is 9.40 Å². The summed E-state index contributed by atoms with van der Waals surface area (Å²) in [5.74, 6) is 1.12. The number of ketones is 1. The largest absolute Gasteiger partial charge is 0.493 e. The topological polar surface area (TPSA) is 35.5 Å². The van der Waals surface area contributed by atoms with Crippen molar-refractivity contribution in [2.24, 2.45) is 0 Å². The molecule has 2 heterocycles. The molecule has 3 rings (SSSR count). The van der Waals surface area contributed by atoms with Crippen LogP contribution in [0.3, 0.4) is 0 Å². The number of hydrogen-bond donors (Lipinski definition) is 0. The van der Waals surface area contributed by atoms with Crippen molar-refractivity contribution in [2.45, 2.75) is 0 Å². The maximum Gasteiger partial charge on any atom is 0.204 e. The number of thiophene rings is 2. The number of halogens is 1. The van der Waals surface area contributed by atoms with Crippen LogP contribution in [0.5, 0.6) is 11.5 Å². The Labute approximate surface area is 138 Å². The average Bonchev–Trinajstić information content (AvgIpc) is 3.07. The molecule has 1 aromatic carbocycles. The number of carbonyl (C=O) groups excluding carboxylic acids is 1. The summed E-state index contributed by atoms with van der Waals surface area (Å²) >= 11 is 6.58. The van der Waals surface area contributed by atoms with E-state index in [1.807, 2.05) is 17.5 Å². The van der Waals surface area contributed by atoms with E-state index < -0.39 is 0 Å². The smallest absolute Gasteiger partial charge is 0.204 e. The summed E-state index contributed by atoms with van der Waals surface area (Å²) in [5.41, 5.74) is 0.571. The fourth-order valence-corrected chi connectivity index (χ4v) is 4.60. The average molecular weight is 383 g/mol. The van der Waals surface area contributed by atoms with E-state index in [0.29, 0.717) is 21.5 Å². The van der Waals surface area contributed by atoms with Gasteiger partial charge in [0.2, 0.25) is 5.78 Å². The normalized spacial score (nSPS) is 10.8. The Morgan fingerprint density at radius 3 is 2.48 bits per heavy atom. The van der Waals surface area contributed by atoms with Crippen molar-refractivity contribution in [1.82, 2.24) is 0 Å². The summed E-state index contributed by atoms with van der Waals surface area (Å²) < 4.78 is 13.5. The molecule has 3 nitrogen and oxygen atoms in total. The third-order valence-corrected chi connectivity index (χ3v) is 5.83. The van der Waals surface area contributed by atoms with Gasteiger partial charge in [0.1, 0.15) is 0 Å². The molecule has 0 atom stereocenters. The van der Waals surface area contributed by atoms with Gasteiger partial charge in [0.25, 0.3) is 0 Å². The first-order chi connectivity index (χ1) is 10.1. The zero-order valence-corrected chi connectivity index (χ0v) is 14.5. The van der Waals surface area contributed by atoms with Gasteiger partial charge in [0.05, 0.1) is 19.1 Å². The number of rotatable bonds is 4. The van der Waals surface area contributed by atoms with Gasteiger partial charge < -0.3 is 9.47 Å². The molecule has 21 heavy (non-hydrogen) atoms. The minimum atomic E-state index is -0.0174. The maximum absolute atomic E-state index is 12.7. The minimum Gasteiger partial charge on any atom is -0.493 e. The van der Waals surface area contributed by atoms with Gasteiger partial charge in [-0.05, 0) is 45.6 Å². The highest BCUT2D eigenvalue weighted by atomic mass is 79.9. The first-order valence-electron chi connectivity index (χ1n) is 6.07. The van der Waals surface area contributed by atoms with E-state index in [1.165, 1.54) is 11.3 Å². The van der Waals surface area contributed by atoms with Gasteiger partial charge in [-0.2, -0.15) is 0 Å². The highest BCUT2D eigenvalue weighted by Crippen LogP contribution is 2.36. The summed E-state index contributed by atoms with van der Waals surface area (Å²) in [6, 6.07) is 7.43. The second kappa shape index (κ2) is 5.79. The van der Waals surface area contributed by atoms with Crippen LogP contribution in [0.15, 0.2) is 34.1 Å². The molecule has 0 saturated heterocycles. The van der Waals surface area contributed by atoms with Crippen molar-refractivity contribution >= 4 is 53.8 Å². The lowest BCUT2D eigenvalue weighted by Crippen LogP contribution is -2.02. The minimum absolute atomic E-state index is 0.0174. The molecule has 0 aliphatic rings. The van der Waals surface area contributed by atoms with Gasteiger partial charge in [0, 0.05) is 19.4 Å². The molecule has 0 N–H and O–H groups in total. The van der Waals surface area contributed by atoms with E-state index >= 15 is 0 Å². The van der Waals surface area contributed by atoms with Crippen molar-refractivity contribution in [3.05, 3.63) is 44.6 Å². The molecule has 0 bridgehead atoms. The zero-order chi connectivity index (χ0) is 15.0. The first-order valence-corrected chi connectivity index (χ1v) is 8.56. The van der Waals surface area contributed by atoms with Gasteiger partial charge in [-0.15, -0.1) is 22.7 Å². The molecule has 0 aliphatic heterocycles. The van der Waals surface area contributed by atoms with Crippen molar-refractivity contribution in [3.63, 3.8) is 0 Å². The Morgan fingerprint density at radius 2 is 1.81 bits per heavy atom. The van der Waals surface area contributed by atoms with Gasteiger partial charge in [-0.25, -0.2) is 0 Å². The van der Waals surface area contributed by atoms with E-state index in [4.69, 9.17) is 9.47 Å². The fraction of sp³-hybridized carbons (Fsp3) is 0.133. The predicted octanol–water partition coefficient (Wildman–Crippen LogP) is 4.97. The second-order valence-corrected chi connectivity index (χ2v) is 7.16. The quantitative estimate of drug-likeness (QED) is 0.597. The Kier molecular flexibility index (Phi) is 4.01. The molecule has 0 saturated carbocycles. The summed E-state index contributed by atoms with van der Waals surface area (Å²) in [6.07, 6.45) is 0. The highest BCUT2D eigenvalue weighted by Gasteiger charge is 2.19. The predicted molar refractivity (Wildman–Crippen MR) is 90.4 cm³/mol. The molecule has 108 valence electrons. The van der Waals surface area contributed by atoms with Crippen molar-refractivity contribution in [3.8, 4) is 11.5 Å². The molecule has 0 fully saturated rings. The zero-order valence-electron chi connectivity index (χ0n) is 11.3. The lowest BCUT2D eigenvalue weighted by atomic mass is 10.1. The molecule has 6 heteroatoms. The summed E-state index contributed by atoms with van der Waals surface area (Å²) in [4.78, 5) is 13.4. The number of fused-ring (bicyclic) bond motifs is 1. The molecule has 0 radical (unpaired) electrons. The van der Waals surface area contributed by atoms with E-state index in [2.05, 4.69) is 15.9 Å². The fourth-order valence-electron chi connectivity index (χ4n) is 2.04. The summed E-state index contributed by atoms with van der Waals surface area (Å²) in [5, 5.41) is 2.03. The van der Waals surface area contributed by atoms with E-state index in [9.17, 15) is 4.79 Å². The lowest BCUT2D eigenvalue weighted by Gasteiger charge is -2.10. The van der Waals surface area contributed by atoms with Gasteiger partial charge in [-0.1, -0.05) is 0 Å². The highest BCUT2D eigenvalue weighted by molar-refractivity contribution is 9.10. The van der Waals surface area contributed by atoms with Crippen LogP contribution < -0.4 is 9.47 Å². The van der Waals surface area contributed by atoms with Crippen LogP contribution in [0.1, 0.15) is 15.2 Å². The third kappa shape index (κ3) is 2.59. The van der Waals surface area contributed by atoms with E-state index in [1.54, 1.807) is 37.7 Å². The lowest BCUT2D eigenvalue weighted by molar-refractivity contribution is 0.104.